The molecule has 0 radical (unpaired) electrons. The molecule has 2 amide bonds. The number of rotatable bonds is 7. The van der Waals surface area contributed by atoms with Crippen molar-refractivity contribution >= 4 is 11.7 Å². The van der Waals surface area contributed by atoms with Crippen LogP contribution in [0.3, 0.4) is 0 Å². The minimum atomic E-state index is -5.93. The maximum atomic E-state index is 14.7. The fourth-order valence-corrected chi connectivity index (χ4v) is 5.63. The van der Waals surface area contributed by atoms with Gasteiger partial charge in [0.05, 0.1) is 11.8 Å². The molecule has 2 aromatic rings. The molecule has 0 spiro atoms. The summed E-state index contributed by atoms with van der Waals surface area (Å²) in [5, 5.41) is 24.5. The van der Waals surface area contributed by atoms with Gasteiger partial charge in [0.15, 0.2) is 0 Å². The molecule has 6 nitrogen and oxygen atoms in total. The molecule has 0 aromatic heterocycles. The highest BCUT2D eigenvalue weighted by Crippen LogP contribution is 2.50. The Hall–Kier alpha value is -2.90. The van der Waals surface area contributed by atoms with Crippen molar-refractivity contribution in [3.8, 4) is 0 Å². The maximum absolute atomic E-state index is 14.7. The lowest BCUT2D eigenvalue weighted by Crippen LogP contribution is -2.53. The summed E-state index contributed by atoms with van der Waals surface area (Å²) in [6.07, 6.45) is -7.50. The number of halogens is 7. The van der Waals surface area contributed by atoms with Gasteiger partial charge in [0.25, 0.3) is 5.60 Å². The van der Waals surface area contributed by atoms with Gasteiger partial charge in [-0.3, -0.25) is 4.90 Å². The number of likely N-dealkylation sites (tertiary alicyclic amines) is 1. The second-order valence-electron chi connectivity index (χ2n) is 11.2. The topological polar surface area (TPSA) is 84.8 Å². The zero-order chi connectivity index (χ0) is 30.7. The van der Waals surface area contributed by atoms with E-state index in [0.29, 0.717) is 69.4 Å². The summed E-state index contributed by atoms with van der Waals surface area (Å²) in [4.78, 5) is 14.3. The average Bonchev–Trinajstić information content (AvgIpc) is 2.91. The third kappa shape index (κ3) is 7.54. The van der Waals surface area contributed by atoms with Crippen molar-refractivity contribution in [3.05, 3.63) is 65.0 Å². The zero-order valence-electron chi connectivity index (χ0n) is 22.7. The van der Waals surface area contributed by atoms with E-state index in [1.54, 1.807) is 6.07 Å². The summed E-state index contributed by atoms with van der Waals surface area (Å²) >= 11 is 0. The number of benzene rings is 2. The van der Waals surface area contributed by atoms with Crippen LogP contribution in [-0.2, 0) is 18.6 Å². The van der Waals surface area contributed by atoms with Gasteiger partial charge in [-0.25, -0.2) is 9.18 Å². The Bertz CT molecular complexity index is 1190. The predicted molar refractivity (Wildman–Crippen MR) is 141 cm³/mol. The van der Waals surface area contributed by atoms with Crippen molar-refractivity contribution in [2.75, 3.05) is 18.4 Å². The maximum Gasteiger partial charge on any atom is 0.430 e. The van der Waals surface area contributed by atoms with Crippen LogP contribution < -0.4 is 10.6 Å². The molecule has 1 aliphatic carbocycles. The number of piperidine rings is 1. The van der Waals surface area contributed by atoms with Gasteiger partial charge in [-0.15, -0.1) is 0 Å². The molecule has 0 bridgehead atoms. The normalized spacial score (nSPS) is 21.3. The van der Waals surface area contributed by atoms with Crippen molar-refractivity contribution in [2.24, 2.45) is 5.92 Å². The largest absolute Gasteiger partial charge is 0.430 e. The van der Waals surface area contributed by atoms with E-state index in [9.17, 15) is 45.7 Å². The highest BCUT2D eigenvalue weighted by Gasteiger charge is 2.71. The molecule has 2 aromatic carbocycles. The molecular weight excluding hydrogens is 571 g/mol. The van der Waals surface area contributed by atoms with Crippen LogP contribution in [0.25, 0.3) is 0 Å². The number of nitrogens with zero attached hydrogens (tertiary/aromatic N) is 1. The van der Waals surface area contributed by atoms with E-state index in [-0.39, 0.29) is 23.8 Å². The van der Waals surface area contributed by atoms with Crippen LogP contribution in [0.5, 0.6) is 0 Å². The summed E-state index contributed by atoms with van der Waals surface area (Å²) in [6, 6.07) is 7.72. The first kappa shape index (κ1) is 32.0. The summed E-state index contributed by atoms with van der Waals surface area (Å²) in [7, 11) is 0. The monoisotopic (exact) mass is 605 g/mol. The van der Waals surface area contributed by atoms with E-state index in [2.05, 4.69) is 10.6 Å². The molecule has 1 saturated heterocycles. The van der Waals surface area contributed by atoms with E-state index < -0.39 is 35.4 Å². The number of carbonyl (C=O) groups excluding carboxylic acids is 1. The average molecular weight is 606 g/mol. The van der Waals surface area contributed by atoms with Gasteiger partial charge >= 0.3 is 18.4 Å². The van der Waals surface area contributed by atoms with Crippen molar-refractivity contribution in [2.45, 2.75) is 81.6 Å². The molecule has 2 aliphatic rings. The standard InChI is InChI=1S/C29H34F7N3O3/c30-24-16-20(3-10-25(24)38-26(41)37-22-6-8-23(40)9-7-22)15-18-11-13-39(14-12-18)17-19-1-4-21(5-2-19)27(42,28(31,32)33)29(34,35)36/h1-5,10,16,18,22-23,40,42H,6-9,11-15,17H2,(H2,37,38,41). The lowest BCUT2D eigenvalue weighted by molar-refractivity contribution is -0.376. The number of aliphatic hydroxyl groups is 2. The van der Waals surface area contributed by atoms with E-state index in [4.69, 9.17) is 0 Å². The van der Waals surface area contributed by atoms with Gasteiger partial charge in [-0.1, -0.05) is 30.3 Å². The second kappa shape index (κ2) is 12.8. The van der Waals surface area contributed by atoms with Crippen LogP contribution in [0.1, 0.15) is 55.2 Å². The molecule has 13 heteroatoms. The lowest BCUT2D eigenvalue weighted by atomic mass is 9.89. The number of carbonyl (C=O) groups is 1. The molecule has 1 heterocycles. The molecule has 4 rings (SSSR count). The minimum Gasteiger partial charge on any atom is -0.393 e. The highest BCUT2D eigenvalue weighted by atomic mass is 19.4. The lowest BCUT2D eigenvalue weighted by Gasteiger charge is -2.33. The summed E-state index contributed by atoms with van der Waals surface area (Å²) in [5.74, 6) is -0.300. The Morgan fingerprint density at radius 3 is 1.98 bits per heavy atom. The quantitative estimate of drug-likeness (QED) is 0.291. The summed E-state index contributed by atoms with van der Waals surface area (Å²) in [5.41, 5.74) is -4.88. The Balaban J connectivity index is 1.25. The Morgan fingerprint density at radius 2 is 1.43 bits per heavy atom. The van der Waals surface area contributed by atoms with E-state index in [0.717, 1.165) is 30.5 Å². The molecular formula is C29H34F7N3O3. The molecule has 0 atom stereocenters. The van der Waals surface area contributed by atoms with Crippen molar-refractivity contribution in [3.63, 3.8) is 0 Å². The smallest absolute Gasteiger partial charge is 0.393 e. The predicted octanol–water partition coefficient (Wildman–Crippen LogP) is 6.02. The number of alkyl halides is 6. The third-order valence-corrected chi connectivity index (χ3v) is 8.14. The molecule has 1 aliphatic heterocycles. The first-order valence-electron chi connectivity index (χ1n) is 13.9. The Labute approximate surface area is 238 Å². The summed E-state index contributed by atoms with van der Waals surface area (Å²) in [6.45, 7) is 1.60. The van der Waals surface area contributed by atoms with Crippen molar-refractivity contribution < 1.29 is 45.7 Å². The van der Waals surface area contributed by atoms with Crippen LogP contribution in [-0.4, -0.2) is 58.7 Å². The SMILES string of the molecule is O=C(Nc1ccc(CC2CCN(Cc3ccc(C(O)(C(F)(F)F)C(F)(F)F)cc3)CC2)cc1F)NC1CCC(O)CC1. The van der Waals surface area contributed by atoms with E-state index in [1.165, 1.54) is 12.1 Å². The van der Waals surface area contributed by atoms with Crippen LogP contribution >= 0.6 is 0 Å². The second-order valence-corrected chi connectivity index (χ2v) is 11.2. The third-order valence-electron chi connectivity index (χ3n) is 8.14. The van der Waals surface area contributed by atoms with E-state index >= 15 is 0 Å². The van der Waals surface area contributed by atoms with Crippen LogP contribution in [0.15, 0.2) is 42.5 Å². The van der Waals surface area contributed by atoms with Crippen LogP contribution in [0.2, 0.25) is 0 Å². The van der Waals surface area contributed by atoms with Gasteiger partial charge in [0.2, 0.25) is 0 Å². The van der Waals surface area contributed by atoms with Gasteiger partial charge in [0, 0.05) is 18.2 Å². The molecule has 232 valence electrons. The van der Waals surface area contributed by atoms with E-state index in [1.807, 2.05) is 4.90 Å². The van der Waals surface area contributed by atoms with Crippen molar-refractivity contribution in [1.82, 2.24) is 10.2 Å². The van der Waals surface area contributed by atoms with Crippen LogP contribution in [0.4, 0.5) is 41.2 Å². The molecule has 4 N–H and O–H groups in total. The molecule has 42 heavy (non-hydrogen) atoms. The number of hydrogen-bond acceptors (Lipinski definition) is 4. The molecule has 1 saturated carbocycles. The highest BCUT2D eigenvalue weighted by molar-refractivity contribution is 5.89. The number of nitrogens with one attached hydrogen (secondary N) is 2. The first-order valence-corrected chi connectivity index (χ1v) is 13.9. The number of anilines is 1. The summed E-state index contributed by atoms with van der Waals surface area (Å²) < 4.78 is 93.4. The van der Waals surface area contributed by atoms with Gasteiger partial charge in [-0.05, 0) is 87.2 Å². The zero-order valence-corrected chi connectivity index (χ0v) is 22.7. The number of amides is 2. The van der Waals surface area contributed by atoms with Crippen LogP contribution in [0, 0.1) is 11.7 Å². The number of hydrogen-bond donors (Lipinski definition) is 4. The first-order chi connectivity index (χ1) is 19.7. The number of aliphatic hydroxyl groups excluding tert-OH is 1. The van der Waals surface area contributed by atoms with Crippen molar-refractivity contribution in [1.29, 1.82) is 0 Å². The molecule has 2 fully saturated rings. The fourth-order valence-electron chi connectivity index (χ4n) is 5.63. The fraction of sp³-hybridized carbons (Fsp3) is 0.552. The van der Waals surface area contributed by atoms with Gasteiger partial charge < -0.3 is 20.8 Å². The van der Waals surface area contributed by atoms with Gasteiger partial charge in [0.1, 0.15) is 5.82 Å². The Morgan fingerprint density at radius 1 is 0.857 bits per heavy atom. The number of urea groups is 1. The molecule has 0 unspecified atom stereocenters. The minimum absolute atomic E-state index is 0.0651. The van der Waals surface area contributed by atoms with Gasteiger partial charge in [-0.2, -0.15) is 26.3 Å². The Kier molecular flexibility index (Phi) is 9.73.